The number of thioether (sulfide) groups is 1. The van der Waals surface area contributed by atoms with Crippen molar-refractivity contribution in [2.75, 3.05) is 45.7 Å². The predicted molar refractivity (Wildman–Crippen MR) is 73.4 cm³/mol. The summed E-state index contributed by atoms with van der Waals surface area (Å²) in [6, 6.07) is 3.97. The quantitative estimate of drug-likeness (QED) is 0.581. The van der Waals surface area contributed by atoms with E-state index in [1.807, 2.05) is 18.4 Å². The highest BCUT2D eigenvalue weighted by Gasteiger charge is 2.09. The molecule has 0 saturated carbocycles. The van der Waals surface area contributed by atoms with Crippen molar-refractivity contribution >= 4 is 11.8 Å². The van der Waals surface area contributed by atoms with Crippen LogP contribution in [0, 0.1) is 0 Å². The Balaban J connectivity index is 1.62. The summed E-state index contributed by atoms with van der Waals surface area (Å²) in [6.07, 6.45) is 4.86. The summed E-state index contributed by atoms with van der Waals surface area (Å²) in [5.74, 6) is 0.856. The van der Waals surface area contributed by atoms with Gasteiger partial charge in [0.1, 0.15) is 5.75 Å². The van der Waals surface area contributed by atoms with Crippen molar-refractivity contribution in [3.05, 3.63) is 18.3 Å². The molecule has 1 aromatic rings. The van der Waals surface area contributed by atoms with E-state index in [1.54, 1.807) is 18.0 Å². The van der Waals surface area contributed by atoms with Gasteiger partial charge >= 0.3 is 0 Å². The summed E-state index contributed by atoms with van der Waals surface area (Å²) in [6.45, 7) is 5.65. The van der Waals surface area contributed by atoms with E-state index in [-0.39, 0.29) is 0 Å². The molecular weight excluding hydrogens is 248 g/mol. The number of ether oxygens (including phenoxy) is 2. The lowest BCUT2D eigenvalue weighted by Crippen LogP contribution is -2.37. The van der Waals surface area contributed by atoms with Crippen molar-refractivity contribution in [3.63, 3.8) is 0 Å². The van der Waals surface area contributed by atoms with Gasteiger partial charge in [-0.3, -0.25) is 4.90 Å². The minimum atomic E-state index is 0.748. The van der Waals surface area contributed by atoms with Crippen LogP contribution < -0.4 is 4.74 Å². The Morgan fingerprint density at radius 2 is 2.22 bits per heavy atom. The van der Waals surface area contributed by atoms with E-state index in [0.717, 1.165) is 56.7 Å². The maximum atomic E-state index is 5.67. The van der Waals surface area contributed by atoms with Crippen molar-refractivity contribution in [1.29, 1.82) is 0 Å². The summed E-state index contributed by atoms with van der Waals surface area (Å²) < 4.78 is 11.0. The lowest BCUT2D eigenvalue weighted by Gasteiger charge is -2.26. The second-order valence-corrected chi connectivity index (χ2v) is 5.02. The summed E-state index contributed by atoms with van der Waals surface area (Å²) in [7, 11) is 0. The van der Waals surface area contributed by atoms with Crippen molar-refractivity contribution in [2.24, 2.45) is 0 Å². The van der Waals surface area contributed by atoms with Gasteiger partial charge in [-0.15, -0.1) is 11.8 Å². The van der Waals surface area contributed by atoms with Crippen LogP contribution in [0.25, 0.3) is 0 Å². The van der Waals surface area contributed by atoms with E-state index in [4.69, 9.17) is 9.47 Å². The zero-order valence-electron chi connectivity index (χ0n) is 10.8. The van der Waals surface area contributed by atoms with Gasteiger partial charge in [0.05, 0.1) is 31.0 Å². The molecule has 100 valence electrons. The van der Waals surface area contributed by atoms with Gasteiger partial charge < -0.3 is 9.47 Å². The highest BCUT2D eigenvalue weighted by molar-refractivity contribution is 7.98. The lowest BCUT2D eigenvalue weighted by atomic mass is 10.3. The highest BCUT2D eigenvalue weighted by atomic mass is 32.2. The summed E-state index contributed by atoms with van der Waals surface area (Å²) in [4.78, 5) is 6.70. The molecular formula is C13H20N2O2S. The van der Waals surface area contributed by atoms with Crippen LogP contribution in [0.15, 0.2) is 23.4 Å². The third-order valence-electron chi connectivity index (χ3n) is 2.91. The van der Waals surface area contributed by atoms with Crippen LogP contribution in [0.1, 0.15) is 6.42 Å². The van der Waals surface area contributed by atoms with Gasteiger partial charge in [-0.25, -0.2) is 4.98 Å². The van der Waals surface area contributed by atoms with Gasteiger partial charge in [-0.2, -0.15) is 0 Å². The molecule has 0 aromatic carbocycles. The summed E-state index contributed by atoms with van der Waals surface area (Å²) >= 11 is 1.64. The van der Waals surface area contributed by atoms with Crippen molar-refractivity contribution in [3.8, 4) is 5.75 Å². The van der Waals surface area contributed by atoms with Crippen LogP contribution in [0.5, 0.6) is 5.75 Å². The largest absolute Gasteiger partial charge is 0.492 e. The molecule has 4 nitrogen and oxygen atoms in total. The SMILES string of the molecule is CSc1ccc(OCCCN2CCOCC2)cn1. The molecule has 0 unspecified atom stereocenters. The fourth-order valence-electron chi connectivity index (χ4n) is 1.88. The first-order chi connectivity index (χ1) is 8.88. The molecule has 1 fully saturated rings. The topological polar surface area (TPSA) is 34.6 Å². The van der Waals surface area contributed by atoms with E-state index >= 15 is 0 Å². The number of morpholine rings is 1. The lowest BCUT2D eigenvalue weighted by molar-refractivity contribution is 0.0358. The normalized spacial score (nSPS) is 16.7. The molecule has 5 heteroatoms. The first-order valence-corrected chi connectivity index (χ1v) is 7.54. The van der Waals surface area contributed by atoms with Gasteiger partial charge in [0, 0.05) is 19.6 Å². The molecule has 18 heavy (non-hydrogen) atoms. The third kappa shape index (κ3) is 4.48. The Morgan fingerprint density at radius 3 is 2.89 bits per heavy atom. The molecule has 2 rings (SSSR count). The van der Waals surface area contributed by atoms with Crippen LogP contribution in [-0.2, 0) is 4.74 Å². The minimum absolute atomic E-state index is 0.748. The first-order valence-electron chi connectivity index (χ1n) is 6.31. The van der Waals surface area contributed by atoms with Crippen LogP contribution >= 0.6 is 11.8 Å². The van der Waals surface area contributed by atoms with Crippen molar-refractivity contribution in [2.45, 2.75) is 11.4 Å². The monoisotopic (exact) mass is 268 g/mol. The summed E-state index contributed by atoms with van der Waals surface area (Å²) in [5.41, 5.74) is 0. The molecule has 0 bridgehead atoms. The van der Waals surface area contributed by atoms with Gasteiger partial charge in [0.2, 0.25) is 0 Å². The second kappa shape index (κ2) is 7.61. The molecule has 0 atom stereocenters. The first kappa shape index (κ1) is 13.6. The molecule has 0 spiro atoms. The van der Waals surface area contributed by atoms with Crippen LogP contribution in [-0.4, -0.2) is 55.6 Å². The van der Waals surface area contributed by atoms with Gasteiger partial charge in [0.25, 0.3) is 0 Å². The maximum absolute atomic E-state index is 5.67. The molecule has 0 amide bonds. The van der Waals surface area contributed by atoms with Crippen LogP contribution in [0.4, 0.5) is 0 Å². The summed E-state index contributed by atoms with van der Waals surface area (Å²) in [5, 5.41) is 1.02. The Morgan fingerprint density at radius 1 is 1.39 bits per heavy atom. The zero-order chi connectivity index (χ0) is 12.6. The average molecular weight is 268 g/mol. The maximum Gasteiger partial charge on any atom is 0.137 e. The number of rotatable bonds is 6. The van der Waals surface area contributed by atoms with Crippen LogP contribution in [0.3, 0.4) is 0 Å². The molecule has 1 saturated heterocycles. The van der Waals surface area contributed by atoms with Gasteiger partial charge in [0.15, 0.2) is 0 Å². The molecule has 0 N–H and O–H groups in total. The molecule has 2 heterocycles. The fraction of sp³-hybridized carbons (Fsp3) is 0.615. The number of aromatic nitrogens is 1. The van der Waals surface area contributed by atoms with Crippen molar-refractivity contribution in [1.82, 2.24) is 9.88 Å². The Hall–Kier alpha value is -0.780. The Labute approximate surface area is 113 Å². The second-order valence-electron chi connectivity index (χ2n) is 4.19. The predicted octanol–water partition coefficient (Wildman–Crippen LogP) is 1.90. The van der Waals surface area contributed by atoms with E-state index in [0.29, 0.717) is 0 Å². The molecule has 1 aliphatic rings. The van der Waals surface area contributed by atoms with Gasteiger partial charge in [-0.1, -0.05) is 0 Å². The van der Waals surface area contributed by atoms with E-state index in [1.165, 1.54) is 0 Å². The molecule has 1 aromatic heterocycles. The Bertz CT molecular complexity index is 339. The smallest absolute Gasteiger partial charge is 0.137 e. The van der Waals surface area contributed by atoms with E-state index in [2.05, 4.69) is 9.88 Å². The standard InChI is InChI=1S/C13H20N2O2S/c1-18-13-4-3-12(11-14-13)17-8-2-5-15-6-9-16-10-7-15/h3-4,11H,2,5-10H2,1H3. The Kier molecular flexibility index (Phi) is 5.77. The van der Waals surface area contributed by atoms with E-state index in [9.17, 15) is 0 Å². The minimum Gasteiger partial charge on any atom is -0.492 e. The zero-order valence-corrected chi connectivity index (χ0v) is 11.6. The van der Waals surface area contributed by atoms with Gasteiger partial charge in [-0.05, 0) is 24.8 Å². The highest BCUT2D eigenvalue weighted by Crippen LogP contribution is 2.15. The number of nitrogens with zero attached hydrogens (tertiary/aromatic N) is 2. The fourth-order valence-corrected chi connectivity index (χ4v) is 2.24. The molecule has 0 radical (unpaired) electrons. The molecule has 1 aliphatic heterocycles. The van der Waals surface area contributed by atoms with E-state index < -0.39 is 0 Å². The number of hydrogen-bond donors (Lipinski definition) is 0. The molecule has 0 aliphatic carbocycles. The number of hydrogen-bond acceptors (Lipinski definition) is 5. The third-order valence-corrected chi connectivity index (χ3v) is 3.57. The van der Waals surface area contributed by atoms with Crippen molar-refractivity contribution < 1.29 is 9.47 Å². The van der Waals surface area contributed by atoms with Crippen LogP contribution in [0.2, 0.25) is 0 Å². The average Bonchev–Trinajstić information content (AvgIpc) is 2.45. The number of pyridine rings is 1.